The Hall–Kier alpha value is -1.54. The molecule has 4 atom stereocenters. The molecule has 0 radical (unpaired) electrons. The van der Waals surface area contributed by atoms with Gasteiger partial charge in [-0.2, -0.15) is 0 Å². The highest BCUT2D eigenvalue weighted by molar-refractivity contribution is 6.99. The van der Waals surface area contributed by atoms with Crippen LogP contribution in [0.15, 0.2) is 60.7 Å². The minimum atomic E-state index is -2.76. The Bertz CT molecular complexity index is 887. The normalized spacial score (nSPS) is 29.2. The molecule has 2 fully saturated rings. The van der Waals surface area contributed by atoms with Gasteiger partial charge in [0, 0.05) is 5.92 Å². The summed E-state index contributed by atoms with van der Waals surface area (Å²) < 4.78 is 25.8. The van der Waals surface area contributed by atoms with Crippen molar-refractivity contribution in [2.24, 2.45) is 5.92 Å². The Labute approximate surface area is 199 Å². The molecule has 0 aromatic heterocycles. The average molecular weight is 471 g/mol. The van der Waals surface area contributed by atoms with Gasteiger partial charge in [0.15, 0.2) is 12.1 Å². The molecule has 0 aliphatic carbocycles. The van der Waals surface area contributed by atoms with E-state index in [0.717, 1.165) is 6.42 Å². The molecule has 2 aliphatic rings. The lowest BCUT2D eigenvalue weighted by atomic mass is 9.84. The van der Waals surface area contributed by atoms with Gasteiger partial charge in [-0.15, -0.1) is 0 Å². The lowest BCUT2D eigenvalue weighted by Gasteiger charge is -2.45. The highest BCUT2D eigenvalue weighted by atomic mass is 28.4. The number of aliphatic hydroxyl groups is 1. The van der Waals surface area contributed by atoms with E-state index < -0.39 is 26.0 Å². The van der Waals surface area contributed by atoms with Gasteiger partial charge in [0.1, 0.15) is 11.7 Å². The van der Waals surface area contributed by atoms with Crippen molar-refractivity contribution in [2.45, 2.75) is 76.8 Å². The number of fused-ring (bicyclic) bond motifs is 1. The molecule has 2 aliphatic heterocycles. The number of hydrogen-bond acceptors (Lipinski definition) is 5. The van der Waals surface area contributed by atoms with E-state index in [-0.39, 0.29) is 30.3 Å². The molecule has 2 aromatic rings. The lowest BCUT2D eigenvalue weighted by Crippen LogP contribution is -2.68. The van der Waals surface area contributed by atoms with Crippen LogP contribution in [0.1, 0.15) is 48.0 Å². The van der Waals surface area contributed by atoms with Crippen molar-refractivity contribution < 1.29 is 23.7 Å². The second-order valence-corrected chi connectivity index (χ2v) is 15.1. The lowest BCUT2D eigenvalue weighted by molar-refractivity contribution is -0.244. The zero-order valence-corrected chi connectivity index (χ0v) is 21.7. The number of rotatable bonds is 7. The molecule has 2 aromatic carbocycles. The first-order valence-electron chi connectivity index (χ1n) is 12.0. The summed E-state index contributed by atoms with van der Waals surface area (Å²) in [5.74, 6) is -0.726. The first kappa shape index (κ1) is 24.6. The third kappa shape index (κ3) is 4.22. The van der Waals surface area contributed by atoms with Crippen molar-refractivity contribution in [3.8, 4) is 0 Å². The summed E-state index contributed by atoms with van der Waals surface area (Å²) in [7, 11) is -2.76. The summed E-state index contributed by atoms with van der Waals surface area (Å²) >= 11 is 0. The smallest absolute Gasteiger partial charge is 0.261 e. The van der Waals surface area contributed by atoms with Crippen LogP contribution >= 0.6 is 0 Å². The van der Waals surface area contributed by atoms with Crippen LogP contribution in [0.5, 0.6) is 0 Å². The second kappa shape index (κ2) is 8.91. The maximum absolute atomic E-state index is 10.6. The first-order chi connectivity index (χ1) is 15.6. The summed E-state index contributed by atoms with van der Waals surface area (Å²) in [5.41, 5.74) is -0.881. The topological polar surface area (TPSA) is 57.2 Å². The number of aliphatic hydroxyl groups excluding tert-OH is 1. The monoisotopic (exact) mass is 470 g/mol. The van der Waals surface area contributed by atoms with Crippen LogP contribution in [0, 0.1) is 5.92 Å². The van der Waals surface area contributed by atoms with Gasteiger partial charge in [0.05, 0.1) is 13.2 Å². The van der Waals surface area contributed by atoms with Crippen LogP contribution in [0.2, 0.25) is 5.04 Å². The van der Waals surface area contributed by atoms with Gasteiger partial charge in [-0.3, -0.25) is 0 Å². The van der Waals surface area contributed by atoms with Gasteiger partial charge >= 0.3 is 0 Å². The van der Waals surface area contributed by atoms with Gasteiger partial charge < -0.3 is 23.7 Å². The molecule has 180 valence electrons. The molecule has 0 bridgehead atoms. The Kier molecular flexibility index (Phi) is 6.64. The van der Waals surface area contributed by atoms with E-state index in [0.29, 0.717) is 0 Å². The fourth-order valence-electron chi connectivity index (χ4n) is 5.68. The van der Waals surface area contributed by atoms with Gasteiger partial charge in [-0.1, -0.05) is 88.4 Å². The first-order valence-corrected chi connectivity index (χ1v) is 13.9. The van der Waals surface area contributed by atoms with E-state index in [2.05, 4.69) is 76.2 Å². The molecule has 0 saturated carbocycles. The van der Waals surface area contributed by atoms with Crippen molar-refractivity contribution in [1.82, 2.24) is 0 Å². The van der Waals surface area contributed by atoms with Crippen LogP contribution in [-0.2, 0) is 18.6 Å². The van der Waals surface area contributed by atoms with Crippen LogP contribution < -0.4 is 10.4 Å². The summed E-state index contributed by atoms with van der Waals surface area (Å²) in [6, 6.07) is 21.1. The van der Waals surface area contributed by atoms with E-state index in [4.69, 9.17) is 18.6 Å². The number of benzene rings is 2. The Balaban J connectivity index is 1.75. The summed E-state index contributed by atoms with van der Waals surface area (Å²) in [4.78, 5) is 0. The van der Waals surface area contributed by atoms with Crippen LogP contribution in [0.4, 0.5) is 0 Å². The van der Waals surface area contributed by atoms with Crippen molar-refractivity contribution in [3.63, 3.8) is 0 Å². The van der Waals surface area contributed by atoms with E-state index in [1.807, 2.05) is 26.0 Å². The quantitative estimate of drug-likeness (QED) is 0.624. The van der Waals surface area contributed by atoms with Crippen LogP contribution in [0.3, 0.4) is 0 Å². The molecule has 4 rings (SSSR count). The molecule has 0 amide bonds. The van der Waals surface area contributed by atoms with Gasteiger partial charge in [-0.25, -0.2) is 0 Å². The third-order valence-corrected chi connectivity index (χ3v) is 12.2. The van der Waals surface area contributed by atoms with E-state index in [1.54, 1.807) is 0 Å². The standard InChI is InChI=1S/C27H38O5Si/c1-7-22-23-24(31-26(5,6)30-23)32-27(22,18-28)19-29-33(25(2,3)4,20-14-10-8-11-15-20)21-16-12-9-13-17-21/h8-17,22-24,28H,7,18-19H2,1-6H3/t22-,23+,24-,27+/m0/s1. The largest absolute Gasteiger partial charge is 0.404 e. The van der Waals surface area contributed by atoms with Gasteiger partial charge in [0.2, 0.25) is 0 Å². The molecule has 2 saturated heterocycles. The zero-order chi connectivity index (χ0) is 23.9. The average Bonchev–Trinajstić information content (AvgIpc) is 3.22. The maximum atomic E-state index is 10.6. The summed E-state index contributed by atoms with van der Waals surface area (Å²) in [6.45, 7) is 12.8. The van der Waals surface area contributed by atoms with E-state index >= 15 is 0 Å². The SMILES string of the molecule is CC[C@H]1[C@H]2OC(C)(C)O[C@H]2O[C@]1(CO)CO[Si](c1ccccc1)(c1ccccc1)C(C)(C)C. The molecule has 5 nitrogen and oxygen atoms in total. The Morgan fingerprint density at radius 3 is 1.91 bits per heavy atom. The predicted molar refractivity (Wildman–Crippen MR) is 132 cm³/mol. The molecule has 6 heteroatoms. The molecular weight excluding hydrogens is 432 g/mol. The van der Waals surface area contributed by atoms with Crippen molar-refractivity contribution in [3.05, 3.63) is 60.7 Å². The van der Waals surface area contributed by atoms with E-state index in [1.165, 1.54) is 10.4 Å². The molecule has 2 heterocycles. The van der Waals surface area contributed by atoms with Crippen molar-refractivity contribution in [1.29, 1.82) is 0 Å². The molecule has 33 heavy (non-hydrogen) atoms. The van der Waals surface area contributed by atoms with Crippen molar-refractivity contribution in [2.75, 3.05) is 13.2 Å². The molecule has 0 unspecified atom stereocenters. The molecule has 0 spiro atoms. The van der Waals surface area contributed by atoms with Crippen molar-refractivity contribution >= 4 is 18.7 Å². The minimum Gasteiger partial charge on any atom is -0.404 e. The predicted octanol–water partition coefficient (Wildman–Crippen LogP) is 3.83. The van der Waals surface area contributed by atoms with Crippen LogP contribution in [-0.4, -0.2) is 50.4 Å². The minimum absolute atomic E-state index is 0.0347. The molecule has 1 N–H and O–H groups in total. The van der Waals surface area contributed by atoms with Gasteiger partial charge in [-0.05, 0) is 35.7 Å². The van der Waals surface area contributed by atoms with Crippen LogP contribution in [0.25, 0.3) is 0 Å². The number of ether oxygens (including phenoxy) is 3. The zero-order valence-electron chi connectivity index (χ0n) is 20.7. The highest BCUT2D eigenvalue weighted by Gasteiger charge is 2.62. The maximum Gasteiger partial charge on any atom is 0.261 e. The third-order valence-electron chi connectivity index (χ3n) is 7.17. The number of hydrogen-bond donors (Lipinski definition) is 1. The highest BCUT2D eigenvalue weighted by Crippen LogP contribution is 2.48. The second-order valence-electron chi connectivity index (χ2n) is 10.8. The van der Waals surface area contributed by atoms with Gasteiger partial charge in [0.25, 0.3) is 8.32 Å². The molecular formula is C27H38O5Si. The Morgan fingerprint density at radius 2 is 1.45 bits per heavy atom. The summed E-state index contributed by atoms with van der Waals surface area (Å²) in [5, 5.41) is 12.9. The van der Waals surface area contributed by atoms with E-state index in [9.17, 15) is 5.11 Å². The fourth-order valence-corrected chi connectivity index (χ4v) is 10.3. The Morgan fingerprint density at radius 1 is 0.909 bits per heavy atom. The summed E-state index contributed by atoms with van der Waals surface area (Å²) in [6.07, 6.45) is 0.0745. The fraction of sp³-hybridized carbons (Fsp3) is 0.556.